The summed E-state index contributed by atoms with van der Waals surface area (Å²) in [6.07, 6.45) is -1.51. The van der Waals surface area contributed by atoms with Crippen molar-refractivity contribution >= 4 is 0 Å². The molecule has 3 heteroatoms. The average molecular weight is 227 g/mol. The van der Waals surface area contributed by atoms with Crippen LogP contribution < -0.4 is 5.32 Å². The van der Waals surface area contributed by atoms with Gasteiger partial charge in [0.25, 0.3) is 6.43 Å². The van der Waals surface area contributed by atoms with E-state index in [1.807, 2.05) is 32.9 Å². The third-order valence-corrected chi connectivity index (χ3v) is 2.76. The first-order valence-electron chi connectivity index (χ1n) is 5.65. The van der Waals surface area contributed by atoms with Gasteiger partial charge in [-0.1, -0.05) is 25.1 Å². The van der Waals surface area contributed by atoms with Crippen LogP contribution in [-0.4, -0.2) is 13.0 Å². The summed E-state index contributed by atoms with van der Waals surface area (Å²) in [6.45, 7) is 6.51. The van der Waals surface area contributed by atoms with Crippen LogP contribution in [0.4, 0.5) is 8.78 Å². The highest BCUT2D eigenvalue weighted by Crippen LogP contribution is 2.22. The number of alkyl halides is 2. The second-order valence-corrected chi connectivity index (χ2v) is 4.11. The van der Waals surface area contributed by atoms with E-state index in [1.165, 1.54) is 0 Å². The molecule has 0 bridgehead atoms. The molecule has 0 fully saturated rings. The molecule has 0 saturated carbocycles. The van der Waals surface area contributed by atoms with Gasteiger partial charge in [0.15, 0.2) is 0 Å². The summed E-state index contributed by atoms with van der Waals surface area (Å²) in [5.74, 6) is 0. The number of halogens is 2. The van der Waals surface area contributed by atoms with Crippen LogP contribution in [-0.2, 0) is 0 Å². The molecule has 0 aromatic heterocycles. The van der Waals surface area contributed by atoms with Gasteiger partial charge >= 0.3 is 0 Å². The second-order valence-electron chi connectivity index (χ2n) is 4.11. The SMILES string of the molecule is CCCNC(c1ccc(C)c(C)c1)C(F)F. The molecular weight excluding hydrogens is 208 g/mol. The molecule has 1 rings (SSSR count). The van der Waals surface area contributed by atoms with Gasteiger partial charge in [-0.15, -0.1) is 0 Å². The topological polar surface area (TPSA) is 12.0 Å². The predicted octanol–water partition coefficient (Wildman–Crippen LogP) is 3.61. The number of benzene rings is 1. The molecule has 90 valence electrons. The minimum absolute atomic E-state index is 0.613. The van der Waals surface area contributed by atoms with Gasteiger partial charge in [-0.2, -0.15) is 0 Å². The summed E-state index contributed by atoms with van der Waals surface area (Å²) in [5.41, 5.74) is 2.86. The molecule has 1 unspecified atom stereocenters. The molecule has 0 saturated heterocycles. The van der Waals surface area contributed by atoms with Gasteiger partial charge in [0, 0.05) is 0 Å². The molecule has 1 nitrogen and oxygen atoms in total. The van der Waals surface area contributed by atoms with E-state index in [9.17, 15) is 8.78 Å². The first-order valence-corrected chi connectivity index (χ1v) is 5.65. The lowest BCUT2D eigenvalue weighted by Crippen LogP contribution is -2.28. The summed E-state index contributed by atoms with van der Waals surface area (Å²) in [5, 5.41) is 2.88. The zero-order chi connectivity index (χ0) is 12.1. The summed E-state index contributed by atoms with van der Waals surface area (Å²) >= 11 is 0. The van der Waals surface area contributed by atoms with Gasteiger partial charge in [0.1, 0.15) is 0 Å². The average Bonchev–Trinajstić information content (AvgIpc) is 2.23. The summed E-state index contributed by atoms with van der Waals surface area (Å²) in [6, 6.07) is 4.67. The third-order valence-electron chi connectivity index (χ3n) is 2.76. The maximum absolute atomic E-state index is 12.9. The van der Waals surface area contributed by atoms with E-state index in [-0.39, 0.29) is 0 Å². The van der Waals surface area contributed by atoms with Crippen molar-refractivity contribution in [3.05, 3.63) is 34.9 Å². The van der Waals surface area contributed by atoms with Crippen LogP contribution >= 0.6 is 0 Å². The lowest BCUT2D eigenvalue weighted by Gasteiger charge is -2.19. The Morgan fingerprint density at radius 1 is 1.19 bits per heavy atom. The zero-order valence-electron chi connectivity index (χ0n) is 10.1. The molecule has 0 aliphatic rings. The summed E-state index contributed by atoms with van der Waals surface area (Å²) in [4.78, 5) is 0. The highest BCUT2D eigenvalue weighted by atomic mass is 19.3. The van der Waals surface area contributed by atoms with Crippen LogP contribution in [0.15, 0.2) is 18.2 Å². The van der Waals surface area contributed by atoms with Gasteiger partial charge in [-0.25, -0.2) is 8.78 Å². The highest BCUT2D eigenvalue weighted by Gasteiger charge is 2.21. The third kappa shape index (κ3) is 3.27. The fourth-order valence-corrected chi connectivity index (χ4v) is 1.61. The molecule has 0 heterocycles. The van der Waals surface area contributed by atoms with Crippen molar-refractivity contribution in [1.29, 1.82) is 0 Å². The molecule has 1 aromatic carbocycles. The van der Waals surface area contributed by atoms with E-state index in [1.54, 1.807) is 6.07 Å². The fourth-order valence-electron chi connectivity index (χ4n) is 1.61. The van der Waals surface area contributed by atoms with Crippen molar-refractivity contribution in [3.8, 4) is 0 Å². The number of aryl methyl sites for hydroxylation is 2. The Morgan fingerprint density at radius 3 is 2.38 bits per heavy atom. The minimum atomic E-state index is -2.37. The Kier molecular flexibility index (Phi) is 4.87. The largest absolute Gasteiger partial charge is 0.305 e. The standard InChI is InChI=1S/C13H19F2N/c1-4-7-16-12(13(14)15)11-6-5-9(2)10(3)8-11/h5-6,8,12-13,16H,4,7H2,1-3H3. The molecule has 0 radical (unpaired) electrons. The normalized spacial score (nSPS) is 13.1. The first kappa shape index (κ1) is 13.1. The van der Waals surface area contributed by atoms with Crippen molar-refractivity contribution < 1.29 is 8.78 Å². The summed E-state index contributed by atoms with van der Waals surface area (Å²) in [7, 11) is 0. The number of rotatable bonds is 5. The maximum Gasteiger partial charge on any atom is 0.257 e. The zero-order valence-corrected chi connectivity index (χ0v) is 10.1. The molecular formula is C13H19F2N. The molecule has 16 heavy (non-hydrogen) atoms. The Bertz CT molecular complexity index is 337. The minimum Gasteiger partial charge on any atom is -0.305 e. The molecule has 0 aliphatic carbocycles. The predicted molar refractivity (Wildman–Crippen MR) is 63.0 cm³/mol. The maximum atomic E-state index is 12.9. The fraction of sp³-hybridized carbons (Fsp3) is 0.538. The van der Waals surface area contributed by atoms with Gasteiger partial charge in [0.05, 0.1) is 6.04 Å². The van der Waals surface area contributed by atoms with E-state index >= 15 is 0 Å². The number of hydrogen-bond acceptors (Lipinski definition) is 1. The van der Waals surface area contributed by atoms with E-state index in [4.69, 9.17) is 0 Å². The van der Waals surface area contributed by atoms with E-state index < -0.39 is 12.5 Å². The van der Waals surface area contributed by atoms with Gasteiger partial charge < -0.3 is 5.32 Å². The van der Waals surface area contributed by atoms with Crippen LogP contribution in [0.25, 0.3) is 0 Å². The van der Waals surface area contributed by atoms with Crippen LogP contribution in [0.1, 0.15) is 36.1 Å². The smallest absolute Gasteiger partial charge is 0.257 e. The van der Waals surface area contributed by atoms with Crippen LogP contribution in [0.5, 0.6) is 0 Å². The number of nitrogens with one attached hydrogen (secondary N) is 1. The van der Waals surface area contributed by atoms with E-state index in [0.717, 1.165) is 17.5 Å². The quantitative estimate of drug-likeness (QED) is 0.810. The lowest BCUT2D eigenvalue weighted by atomic mass is 10.0. The van der Waals surface area contributed by atoms with E-state index in [2.05, 4.69) is 5.32 Å². The molecule has 0 spiro atoms. The Hall–Kier alpha value is -0.960. The van der Waals surface area contributed by atoms with Gasteiger partial charge in [0.2, 0.25) is 0 Å². The van der Waals surface area contributed by atoms with Crippen molar-refractivity contribution in [2.75, 3.05) is 6.54 Å². The van der Waals surface area contributed by atoms with Crippen molar-refractivity contribution in [2.24, 2.45) is 0 Å². The molecule has 0 amide bonds. The Morgan fingerprint density at radius 2 is 1.88 bits per heavy atom. The molecule has 1 atom stereocenters. The van der Waals surface area contributed by atoms with Crippen molar-refractivity contribution in [1.82, 2.24) is 5.32 Å². The summed E-state index contributed by atoms with van der Waals surface area (Å²) < 4.78 is 25.8. The Labute approximate surface area is 95.9 Å². The second kappa shape index (κ2) is 5.94. The van der Waals surface area contributed by atoms with Gasteiger partial charge in [-0.05, 0) is 43.5 Å². The van der Waals surface area contributed by atoms with E-state index in [0.29, 0.717) is 12.1 Å². The Balaban J connectivity index is 2.88. The van der Waals surface area contributed by atoms with Crippen molar-refractivity contribution in [2.45, 2.75) is 39.7 Å². The molecule has 0 aliphatic heterocycles. The number of hydrogen-bond donors (Lipinski definition) is 1. The monoisotopic (exact) mass is 227 g/mol. The van der Waals surface area contributed by atoms with Crippen LogP contribution in [0.2, 0.25) is 0 Å². The highest BCUT2D eigenvalue weighted by molar-refractivity contribution is 5.32. The van der Waals surface area contributed by atoms with Crippen molar-refractivity contribution in [3.63, 3.8) is 0 Å². The molecule has 1 N–H and O–H groups in total. The van der Waals surface area contributed by atoms with Gasteiger partial charge in [-0.3, -0.25) is 0 Å². The van der Waals surface area contributed by atoms with Crippen LogP contribution in [0.3, 0.4) is 0 Å². The van der Waals surface area contributed by atoms with Crippen LogP contribution in [0, 0.1) is 13.8 Å². The molecule has 1 aromatic rings. The first-order chi connectivity index (χ1) is 7.56. The lowest BCUT2D eigenvalue weighted by molar-refractivity contribution is 0.0985.